The first-order valence-corrected chi connectivity index (χ1v) is 14.9. The summed E-state index contributed by atoms with van der Waals surface area (Å²) >= 11 is 4.21. The molecule has 5 N–H and O–H groups in total. The van der Waals surface area contributed by atoms with Crippen molar-refractivity contribution in [3.05, 3.63) is 16.7 Å². The zero-order valence-electron chi connectivity index (χ0n) is 17.5. The topological polar surface area (TPSA) is 303 Å². The van der Waals surface area contributed by atoms with Crippen LogP contribution < -0.4 is 26.0 Å². The summed E-state index contributed by atoms with van der Waals surface area (Å²) in [4.78, 5) is 57.4. The Labute approximate surface area is 205 Å². The molecule has 2 aromatic rings. The Bertz CT molecular complexity index is 1360. The van der Waals surface area contributed by atoms with E-state index in [-0.39, 0.29) is 23.5 Å². The van der Waals surface area contributed by atoms with Crippen molar-refractivity contribution in [2.45, 2.75) is 31.0 Å². The molecule has 0 aromatic carbocycles. The van der Waals surface area contributed by atoms with Gasteiger partial charge in [-0.05, 0) is 0 Å². The van der Waals surface area contributed by atoms with Crippen LogP contribution in [0.2, 0.25) is 0 Å². The minimum Gasteiger partial charge on any atom is -0.779 e. The SMILES string of the molecule is N#CCCOP(=O)([O-])OP([O-])(=S)OP(=O)([O-])OCC1OC(n2cnc3c(=O)[nH]c(N)nc32)C(O)C1O. The van der Waals surface area contributed by atoms with Crippen molar-refractivity contribution < 1.29 is 56.4 Å². The molecule has 0 saturated carbocycles. The number of aliphatic hydroxyl groups excluding tert-OH is 2. The molecule has 23 heteroatoms. The standard InChI is InChI=1S/C13H19N6O13P3S/c14-2-1-3-28-33(23,24)31-35(27,36)32-34(25,26)29-4-6-8(20)9(21)12(30-6)19-5-16-7-10(19)17-13(15)18-11(7)22/h5-6,8-9,12,20-21H,1,3-4H2,(H,23,24)(H,25,26)(H,27,36)(H3,15,17,18,22)/p-3. The molecular weight excluding hydrogens is 573 g/mol. The molecule has 3 rings (SSSR count). The number of aromatic nitrogens is 4. The number of nitrogen functional groups attached to an aromatic ring is 1. The number of nitrogens with two attached hydrogens (primary N) is 1. The van der Waals surface area contributed by atoms with E-state index in [0.717, 1.165) is 10.9 Å². The van der Waals surface area contributed by atoms with E-state index in [9.17, 15) is 38.8 Å². The Balaban J connectivity index is 1.65. The van der Waals surface area contributed by atoms with Crippen LogP contribution in [0.15, 0.2) is 11.1 Å². The van der Waals surface area contributed by atoms with Crippen LogP contribution in [0, 0.1) is 11.3 Å². The monoisotopic (exact) mass is 589 g/mol. The van der Waals surface area contributed by atoms with Gasteiger partial charge in [-0.2, -0.15) is 10.2 Å². The summed E-state index contributed by atoms with van der Waals surface area (Å²) in [5, 5.41) is 28.9. The first-order chi connectivity index (χ1) is 16.6. The largest absolute Gasteiger partial charge is 0.779 e. The number of aliphatic hydroxyl groups is 2. The fourth-order valence-electron chi connectivity index (χ4n) is 2.90. The average Bonchev–Trinajstić information content (AvgIpc) is 3.26. The molecule has 0 bridgehead atoms. The summed E-state index contributed by atoms with van der Waals surface area (Å²) in [6.07, 6.45) is -5.75. The maximum absolute atomic E-state index is 12.0. The molecule has 1 aliphatic heterocycles. The summed E-state index contributed by atoms with van der Waals surface area (Å²) in [5.41, 5.74) is 4.52. The second-order valence-corrected chi connectivity index (χ2v) is 12.7. The second-order valence-electron chi connectivity index (χ2n) is 6.86. The number of fused-ring (bicyclic) bond motifs is 1. The number of rotatable bonds is 11. The van der Waals surface area contributed by atoms with Gasteiger partial charge in [0.05, 0.1) is 32.0 Å². The molecule has 0 aliphatic carbocycles. The van der Waals surface area contributed by atoms with Crippen LogP contribution in [0.4, 0.5) is 5.95 Å². The van der Waals surface area contributed by atoms with Crippen LogP contribution in [0.5, 0.6) is 0 Å². The molecule has 3 heterocycles. The average molecular weight is 589 g/mol. The lowest BCUT2D eigenvalue weighted by molar-refractivity contribution is -0.243. The van der Waals surface area contributed by atoms with Crippen molar-refractivity contribution in [1.29, 1.82) is 5.26 Å². The van der Waals surface area contributed by atoms with Crippen LogP contribution in [0.1, 0.15) is 12.6 Å². The van der Waals surface area contributed by atoms with Crippen molar-refractivity contribution in [3.63, 3.8) is 0 Å². The minimum atomic E-state index is -5.64. The molecule has 0 spiro atoms. The predicted molar refractivity (Wildman–Crippen MR) is 112 cm³/mol. The van der Waals surface area contributed by atoms with Crippen molar-refractivity contribution >= 4 is 51.3 Å². The molecule has 19 nitrogen and oxygen atoms in total. The number of nitrogens with one attached hydrogen (secondary N) is 1. The summed E-state index contributed by atoms with van der Waals surface area (Å²) in [5.74, 6) is -0.278. The molecule has 36 heavy (non-hydrogen) atoms. The van der Waals surface area contributed by atoms with Gasteiger partial charge in [-0.15, -0.1) is 0 Å². The zero-order chi connectivity index (χ0) is 26.9. The van der Waals surface area contributed by atoms with Crippen LogP contribution >= 0.6 is 22.4 Å². The highest BCUT2D eigenvalue weighted by Gasteiger charge is 2.45. The highest BCUT2D eigenvalue weighted by atomic mass is 32.5. The van der Waals surface area contributed by atoms with Gasteiger partial charge in [0, 0.05) is 0 Å². The molecule has 0 amide bonds. The van der Waals surface area contributed by atoms with Crippen molar-refractivity contribution in [3.8, 4) is 6.07 Å². The molecule has 200 valence electrons. The summed E-state index contributed by atoms with van der Waals surface area (Å²) in [6, 6.07) is 1.56. The Morgan fingerprint density at radius 2 is 1.89 bits per heavy atom. The van der Waals surface area contributed by atoms with E-state index in [1.165, 1.54) is 0 Å². The molecule has 1 aliphatic rings. The molecule has 2 aromatic heterocycles. The maximum Gasteiger partial charge on any atom is 0.280 e. The van der Waals surface area contributed by atoms with E-state index in [4.69, 9.17) is 15.7 Å². The number of hydrogen-bond acceptors (Lipinski definition) is 18. The number of phosphoric acid groups is 2. The number of ether oxygens (including phenoxy) is 1. The number of nitrogens with zero attached hydrogens (tertiary/aromatic N) is 4. The fraction of sp³-hybridized carbons (Fsp3) is 0.538. The number of H-pyrrole nitrogens is 1. The highest BCUT2D eigenvalue weighted by Crippen LogP contribution is 2.63. The Kier molecular flexibility index (Phi) is 8.83. The quantitative estimate of drug-likeness (QED) is 0.148. The van der Waals surface area contributed by atoms with Gasteiger partial charge < -0.3 is 44.4 Å². The third kappa shape index (κ3) is 7.01. The summed E-state index contributed by atoms with van der Waals surface area (Å²) in [6.45, 7) is -6.99. The number of hydrogen-bond donors (Lipinski definition) is 4. The lowest BCUT2D eigenvalue weighted by Gasteiger charge is -2.37. The van der Waals surface area contributed by atoms with E-state index >= 15 is 0 Å². The smallest absolute Gasteiger partial charge is 0.280 e. The Morgan fingerprint density at radius 3 is 2.53 bits per heavy atom. The van der Waals surface area contributed by atoms with Crippen LogP contribution in [0.25, 0.3) is 11.2 Å². The lowest BCUT2D eigenvalue weighted by Crippen LogP contribution is -2.34. The highest BCUT2D eigenvalue weighted by molar-refractivity contribution is 8.09. The molecule has 7 atom stereocenters. The molecule has 7 unspecified atom stereocenters. The van der Waals surface area contributed by atoms with Gasteiger partial charge in [-0.25, -0.2) is 4.98 Å². The van der Waals surface area contributed by atoms with Gasteiger partial charge in [0.15, 0.2) is 17.4 Å². The van der Waals surface area contributed by atoms with Gasteiger partial charge >= 0.3 is 0 Å². The van der Waals surface area contributed by atoms with Gasteiger partial charge in [-0.1, -0.05) is 11.8 Å². The second kappa shape index (κ2) is 11.0. The van der Waals surface area contributed by atoms with Crippen molar-refractivity contribution in [1.82, 2.24) is 19.5 Å². The predicted octanol–water partition coefficient (Wildman–Crippen LogP) is -3.18. The van der Waals surface area contributed by atoms with E-state index < -0.39 is 65.7 Å². The third-order valence-electron chi connectivity index (χ3n) is 4.32. The van der Waals surface area contributed by atoms with Gasteiger partial charge in [-0.3, -0.25) is 32.1 Å². The maximum atomic E-state index is 12.0. The van der Waals surface area contributed by atoms with Gasteiger partial charge in [0.2, 0.25) is 5.95 Å². The number of nitriles is 1. The molecule has 1 fully saturated rings. The molecular formula is C13H16N6O13P3S-3. The Morgan fingerprint density at radius 1 is 1.25 bits per heavy atom. The van der Waals surface area contributed by atoms with Crippen LogP contribution in [-0.2, 0) is 43.3 Å². The van der Waals surface area contributed by atoms with E-state index in [1.54, 1.807) is 6.07 Å². The first kappa shape index (κ1) is 28.9. The number of phosphoric ester groups is 2. The van der Waals surface area contributed by atoms with Crippen LogP contribution in [0.3, 0.4) is 0 Å². The zero-order valence-corrected chi connectivity index (χ0v) is 21.0. The van der Waals surface area contributed by atoms with Crippen molar-refractivity contribution in [2.75, 3.05) is 18.9 Å². The van der Waals surface area contributed by atoms with Gasteiger partial charge in [0.1, 0.15) is 25.0 Å². The number of imidazole rings is 1. The molecule has 1 saturated heterocycles. The number of anilines is 1. The Hall–Kier alpha value is -1.65. The fourth-order valence-corrected chi connectivity index (χ4v) is 7.74. The minimum absolute atomic E-state index is 0.116. The normalized spacial score (nSPS) is 27.2. The van der Waals surface area contributed by atoms with Gasteiger partial charge in [0.25, 0.3) is 21.2 Å². The van der Waals surface area contributed by atoms with E-state index in [1.807, 2.05) is 0 Å². The lowest BCUT2D eigenvalue weighted by atomic mass is 10.1. The summed E-state index contributed by atoms with van der Waals surface area (Å²) in [7, 11) is -11.0. The van der Waals surface area contributed by atoms with Crippen LogP contribution in [-0.4, -0.2) is 61.3 Å². The van der Waals surface area contributed by atoms with E-state index in [0.29, 0.717) is 0 Å². The first-order valence-electron chi connectivity index (χ1n) is 9.40. The van der Waals surface area contributed by atoms with E-state index in [2.05, 4.69) is 44.4 Å². The number of aromatic amines is 1. The third-order valence-corrected chi connectivity index (χ3v) is 9.69. The summed E-state index contributed by atoms with van der Waals surface area (Å²) < 4.78 is 46.5. The molecule has 0 radical (unpaired) electrons. The van der Waals surface area contributed by atoms with Crippen molar-refractivity contribution in [2.24, 2.45) is 0 Å².